The molecule has 0 amide bonds. The van der Waals surface area contributed by atoms with Crippen molar-refractivity contribution in [1.82, 2.24) is 0 Å². The van der Waals surface area contributed by atoms with Crippen LogP contribution in [0.4, 0.5) is 0 Å². The summed E-state index contributed by atoms with van der Waals surface area (Å²) in [6, 6.07) is 0. The lowest BCUT2D eigenvalue weighted by Crippen LogP contribution is -2.35. The molecule has 0 fully saturated rings. The van der Waals surface area contributed by atoms with Crippen LogP contribution < -0.4 is 0 Å². The van der Waals surface area contributed by atoms with Gasteiger partial charge in [-0.05, 0) is 6.42 Å². The third-order valence-electron chi connectivity index (χ3n) is 2.02. The summed E-state index contributed by atoms with van der Waals surface area (Å²) in [5.74, 6) is -1.30. The second-order valence-corrected chi connectivity index (χ2v) is 2.73. The smallest absolute Gasteiger partial charge is 0.305 e. The zero-order valence-corrected chi connectivity index (χ0v) is 9.16. The van der Waals surface area contributed by atoms with Gasteiger partial charge in [-0.3, -0.25) is 4.79 Å². The van der Waals surface area contributed by atoms with Crippen LogP contribution in [0.25, 0.3) is 0 Å². The minimum atomic E-state index is -1.05. The second-order valence-electron chi connectivity index (χ2n) is 2.73. The minimum absolute atomic E-state index is 0.248. The first-order chi connectivity index (χ1) is 6.64. The van der Waals surface area contributed by atoms with Gasteiger partial charge in [-0.15, -0.1) is 0 Å². The first-order valence-electron chi connectivity index (χ1n) is 4.36. The van der Waals surface area contributed by atoms with Gasteiger partial charge in [0, 0.05) is 34.2 Å². The van der Waals surface area contributed by atoms with Crippen molar-refractivity contribution in [3.8, 4) is 0 Å². The lowest BCUT2D eigenvalue weighted by Gasteiger charge is -2.28. The van der Waals surface area contributed by atoms with Crippen LogP contribution >= 0.6 is 0 Å². The number of ether oxygens (including phenoxy) is 4. The third kappa shape index (κ3) is 4.04. The Kier molecular flexibility index (Phi) is 6.44. The summed E-state index contributed by atoms with van der Waals surface area (Å²) in [6.45, 7) is 0. The van der Waals surface area contributed by atoms with E-state index in [2.05, 4.69) is 4.74 Å². The monoisotopic (exact) mass is 206 g/mol. The molecule has 0 radical (unpaired) electrons. The van der Waals surface area contributed by atoms with Gasteiger partial charge >= 0.3 is 5.97 Å². The molecular formula is C9H18O5. The topological polar surface area (TPSA) is 54.0 Å². The molecule has 0 unspecified atom stereocenters. The Morgan fingerprint density at radius 3 is 1.93 bits per heavy atom. The Morgan fingerprint density at radius 1 is 1.07 bits per heavy atom. The number of methoxy groups -OCH3 is 4. The normalized spacial score (nSPS) is 11.4. The quantitative estimate of drug-likeness (QED) is 0.458. The van der Waals surface area contributed by atoms with Crippen molar-refractivity contribution in [2.75, 3.05) is 28.4 Å². The van der Waals surface area contributed by atoms with Gasteiger partial charge in [0.15, 0.2) is 0 Å². The zero-order chi connectivity index (χ0) is 11.0. The predicted octanol–water partition coefficient (Wildman–Crippen LogP) is 0.923. The van der Waals surface area contributed by atoms with Crippen molar-refractivity contribution in [3.05, 3.63) is 0 Å². The van der Waals surface area contributed by atoms with E-state index in [1.54, 1.807) is 0 Å². The predicted molar refractivity (Wildman–Crippen MR) is 49.6 cm³/mol. The van der Waals surface area contributed by atoms with E-state index >= 15 is 0 Å². The zero-order valence-electron chi connectivity index (χ0n) is 9.16. The molecule has 0 aliphatic carbocycles. The maximum absolute atomic E-state index is 10.8. The standard InChI is InChI=1S/C9H18O5/c1-11-8(10)6-5-7-9(12-2,13-3)14-4/h5-7H2,1-4H3. The van der Waals surface area contributed by atoms with Crippen LogP contribution in [-0.4, -0.2) is 40.4 Å². The number of rotatable bonds is 7. The number of hydrogen-bond acceptors (Lipinski definition) is 5. The molecule has 0 rings (SSSR count). The van der Waals surface area contributed by atoms with E-state index in [9.17, 15) is 4.79 Å². The highest BCUT2D eigenvalue weighted by Gasteiger charge is 2.28. The van der Waals surface area contributed by atoms with E-state index in [1.165, 1.54) is 28.4 Å². The molecule has 0 aliphatic heterocycles. The van der Waals surface area contributed by atoms with Gasteiger partial charge in [0.1, 0.15) is 0 Å². The summed E-state index contributed by atoms with van der Waals surface area (Å²) in [5.41, 5.74) is 0. The fourth-order valence-corrected chi connectivity index (χ4v) is 1.11. The second kappa shape index (κ2) is 6.75. The molecule has 0 heterocycles. The summed E-state index contributed by atoms with van der Waals surface area (Å²) in [5, 5.41) is 0. The Balaban J connectivity index is 3.88. The molecule has 0 aromatic heterocycles. The van der Waals surface area contributed by atoms with Crippen LogP contribution in [-0.2, 0) is 23.7 Å². The minimum Gasteiger partial charge on any atom is -0.469 e. The van der Waals surface area contributed by atoms with E-state index in [-0.39, 0.29) is 5.97 Å². The van der Waals surface area contributed by atoms with Crippen LogP contribution in [0.1, 0.15) is 19.3 Å². The first kappa shape index (κ1) is 13.4. The first-order valence-corrected chi connectivity index (χ1v) is 4.36. The van der Waals surface area contributed by atoms with Crippen LogP contribution in [0.2, 0.25) is 0 Å². The number of hydrogen-bond donors (Lipinski definition) is 0. The van der Waals surface area contributed by atoms with E-state index in [0.717, 1.165) is 0 Å². The van der Waals surface area contributed by atoms with Crippen molar-refractivity contribution in [2.24, 2.45) is 0 Å². The van der Waals surface area contributed by atoms with Crippen molar-refractivity contribution in [1.29, 1.82) is 0 Å². The summed E-state index contributed by atoms with van der Waals surface area (Å²) in [4.78, 5) is 10.8. The molecule has 14 heavy (non-hydrogen) atoms. The molecule has 0 saturated carbocycles. The number of carbonyl (C=O) groups is 1. The maximum Gasteiger partial charge on any atom is 0.305 e. The molecule has 0 aromatic carbocycles. The van der Waals surface area contributed by atoms with E-state index in [1.807, 2.05) is 0 Å². The lowest BCUT2D eigenvalue weighted by molar-refractivity contribution is -0.355. The van der Waals surface area contributed by atoms with Crippen molar-refractivity contribution < 1.29 is 23.7 Å². The van der Waals surface area contributed by atoms with Gasteiger partial charge in [0.25, 0.3) is 5.97 Å². The Labute approximate surface area is 84.3 Å². The Hall–Kier alpha value is -0.650. The summed E-state index contributed by atoms with van der Waals surface area (Å²) in [7, 11) is 5.83. The van der Waals surface area contributed by atoms with Crippen LogP contribution in [0, 0.1) is 0 Å². The Morgan fingerprint density at radius 2 is 1.57 bits per heavy atom. The van der Waals surface area contributed by atoms with E-state index < -0.39 is 5.97 Å². The van der Waals surface area contributed by atoms with Gasteiger partial charge < -0.3 is 18.9 Å². The highest BCUT2D eigenvalue weighted by molar-refractivity contribution is 5.68. The third-order valence-corrected chi connectivity index (χ3v) is 2.02. The van der Waals surface area contributed by atoms with Gasteiger partial charge in [-0.25, -0.2) is 0 Å². The molecule has 0 spiro atoms. The molecule has 5 nitrogen and oxygen atoms in total. The van der Waals surface area contributed by atoms with E-state index in [0.29, 0.717) is 19.3 Å². The van der Waals surface area contributed by atoms with Gasteiger partial charge in [-0.2, -0.15) is 0 Å². The summed E-state index contributed by atoms with van der Waals surface area (Å²) < 4.78 is 19.7. The molecule has 0 aromatic rings. The fraction of sp³-hybridized carbons (Fsp3) is 0.889. The highest BCUT2D eigenvalue weighted by atomic mass is 16.9. The average molecular weight is 206 g/mol. The largest absolute Gasteiger partial charge is 0.469 e. The molecule has 0 bridgehead atoms. The highest BCUT2D eigenvalue weighted by Crippen LogP contribution is 2.20. The van der Waals surface area contributed by atoms with E-state index in [4.69, 9.17) is 14.2 Å². The van der Waals surface area contributed by atoms with Gasteiger partial charge in [0.2, 0.25) is 0 Å². The van der Waals surface area contributed by atoms with Crippen molar-refractivity contribution >= 4 is 5.97 Å². The summed E-state index contributed by atoms with van der Waals surface area (Å²) >= 11 is 0. The molecular weight excluding hydrogens is 188 g/mol. The van der Waals surface area contributed by atoms with Crippen molar-refractivity contribution in [3.63, 3.8) is 0 Å². The average Bonchev–Trinajstić information content (AvgIpc) is 2.25. The maximum atomic E-state index is 10.8. The molecule has 0 saturated heterocycles. The van der Waals surface area contributed by atoms with Crippen LogP contribution in [0.5, 0.6) is 0 Å². The van der Waals surface area contributed by atoms with Crippen LogP contribution in [0.15, 0.2) is 0 Å². The molecule has 0 atom stereocenters. The van der Waals surface area contributed by atoms with Crippen LogP contribution in [0.3, 0.4) is 0 Å². The molecule has 5 heteroatoms. The number of carbonyl (C=O) groups excluding carboxylic acids is 1. The van der Waals surface area contributed by atoms with Gasteiger partial charge in [0.05, 0.1) is 7.11 Å². The lowest BCUT2D eigenvalue weighted by atomic mass is 10.2. The van der Waals surface area contributed by atoms with Crippen molar-refractivity contribution in [2.45, 2.75) is 25.2 Å². The summed E-state index contributed by atoms with van der Waals surface area (Å²) in [6.07, 6.45) is 1.39. The SMILES string of the molecule is COC(=O)CCCC(OC)(OC)OC. The molecule has 0 N–H and O–H groups in total. The Bertz CT molecular complexity index is 156. The number of esters is 1. The van der Waals surface area contributed by atoms with Gasteiger partial charge in [-0.1, -0.05) is 0 Å². The molecule has 84 valence electrons. The molecule has 0 aliphatic rings. The fourth-order valence-electron chi connectivity index (χ4n) is 1.11.